The maximum atomic E-state index is 11.8. The van der Waals surface area contributed by atoms with Gasteiger partial charge in [0.25, 0.3) is 0 Å². The van der Waals surface area contributed by atoms with Gasteiger partial charge in [0.2, 0.25) is 0 Å². The first-order valence-corrected chi connectivity index (χ1v) is 7.41. The summed E-state index contributed by atoms with van der Waals surface area (Å²) in [5.74, 6) is -0.557. The molecule has 1 aromatic rings. The summed E-state index contributed by atoms with van der Waals surface area (Å²) in [5, 5.41) is 0.719. The van der Waals surface area contributed by atoms with Crippen molar-refractivity contribution in [3.05, 3.63) is 34.9 Å². The number of Topliss-reactive ketones (excluding diaryl/α,β-unsaturated/α-hetero) is 1. The fourth-order valence-electron chi connectivity index (χ4n) is 2.71. The Kier molecular flexibility index (Phi) is 5.18. The lowest BCUT2D eigenvalue weighted by atomic mass is 9.78. The molecule has 0 radical (unpaired) electrons. The zero-order valence-electron chi connectivity index (χ0n) is 11.6. The Morgan fingerprint density at radius 3 is 2.70 bits per heavy atom. The summed E-state index contributed by atoms with van der Waals surface area (Å²) in [7, 11) is 0. The molecule has 2 rings (SSSR count). The number of ether oxygens (including phenoxy) is 1. The van der Waals surface area contributed by atoms with Gasteiger partial charge in [0.05, 0.1) is 6.61 Å². The first kappa shape index (κ1) is 15.0. The third kappa shape index (κ3) is 3.83. The van der Waals surface area contributed by atoms with Crippen LogP contribution in [0.4, 0.5) is 0 Å². The number of hydrogen-bond acceptors (Lipinski definition) is 3. The van der Waals surface area contributed by atoms with Crippen LogP contribution in [0.25, 0.3) is 0 Å². The Bertz CT molecular complexity index is 481. The molecule has 108 valence electrons. The van der Waals surface area contributed by atoms with Crippen molar-refractivity contribution in [1.29, 1.82) is 0 Å². The van der Waals surface area contributed by atoms with Crippen LogP contribution in [-0.4, -0.2) is 18.4 Å². The van der Waals surface area contributed by atoms with Crippen LogP contribution < -0.4 is 0 Å². The number of ketones is 1. The average Bonchev–Trinajstić information content (AvgIpc) is 2.43. The van der Waals surface area contributed by atoms with E-state index in [1.165, 1.54) is 5.56 Å². The van der Waals surface area contributed by atoms with Crippen molar-refractivity contribution < 1.29 is 14.3 Å². The largest absolute Gasteiger partial charge is 0.465 e. The quantitative estimate of drug-likeness (QED) is 0.631. The molecular formula is C16H19ClO3. The summed E-state index contributed by atoms with van der Waals surface area (Å²) in [6, 6.07) is 7.73. The standard InChI is InChI=1S/C16H19ClO3/c1-2-20-16(19)14-10-12(5-8-15(14)18)9-11-3-6-13(17)7-4-11/h3-4,6-7,12,14H,2,5,8-10H2,1H3. The second-order valence-corrected chi connectivity index (χ2v) is 5.68. The highest BCUT2D eigenvalue weighted by atomic mass is 35.5. The van der Waals surface area contributed by atoms with Gasteiger partial charge in [-0.15, -0.1) is 0 Å². The molecule has 1 aromatic carbocycles. The van der Waals surface area contributed by atoms with E-state index in [9.17, 15) is 9.59 Å². The van der Waals surface area contributed by atoms with Gasteiger partial charge in [0.1, 0.15) is 11.7 Å². The number of rotatable bonds is 4. The molecule has 0 saturated heterocycles. The van der Waals surface area contributed by atoms with E-state index in [0.717, 1.165) is 17.9 Å². The van der Waals surface area contributed by atoms with Crippen LogP contribution in [0.3, 0.4) is 0 Å². The third-order valence-corrected chi connectivity index (χ3v) is 4.02. The van der Waals surface area contributed by atoms with Crippen molar-refractivity contribution in [3.63, 3.8) is 0 Å². The van der Waals surface area contributed by atoms with E-state index < -0.39 is 5.92 Å². The molecule has 0 bridgehead atoms. The van der Waals surface area contributed by atoms with Crippen LogP contribution in [0.2, 0.25) is 5.02 Å². The van der Waals surface area contributed by atoms with Gasteiger partial charge in [0, 0.05) is 11.4 Å². The van der Waals surface area contributed by atoms with E-state index in [2.05, 4.69) is 0 Å². The van der Waals surface area contributed by atoms with Crippen molar-refractivity contribution in [2.75, 3.05) is 6.61 Å². The van der Waals surface area contributed by atoms with Gasteiger partial charge in [-0.3, -0.25) is 9.59 Å². The van der Waals surface area contributed by atoms with Crippen LogP contribution in [-0.2, 0) is 20.7 Å². The number of carbonyl (C=O) groups excluding carboxylic acids is 2. The molecule has 2 unspecified atom stereocenters. The summed E-state index contributed by atoms with van der Waals surface area (Å²) >= 11 is 5.87. The van der Waals surface area contributed by atoms with Gasteiger partial charge < -0.3 is 4.74 Å². The smallest absolute Gasteiger partial charge is 0.316 e. The van der Waals surface area contributed by atoms with Gasteiger partial charge in [0.15, 0.2) is 0 Å². The Balaban J connectivity index is 1.98. The second-order valence-electron chi connectivity index (χ2n) is 5.24. The third-order valence-electron chi connectivity index (χ3n) is 3.77. The fourth-order valence-corrected chi connectivity index (χ4v) is 2.84. The predicted octanol–water partition coefficient (Wildman–Crippen LogP) is 3.43. The first-order valence-electron chi connectivity index (χ1n) is 7.04. The van der Waals surface area contributed by atoms with Crippen LogP contribution in [0.5, 0.6) is 0 Å². The summed E-state index contributed by atoms with van der Waals surface area (Å²) in [4.78, 5) is 23.6. The monoisotopic (exact) mass is 294 g/mol. The van der Waals surface area contributed by atoms with E-state index in [0.29, 0.717) is 25.4 Å². The van der Waals surface area contributed by atoms with Crippen molar-refractivity contribution in [2.45, 2.75) is 32.6 Å². The maximum absolute atomic E-state index is 11.8. The Morgan fingerprint density at radius 1 is 1.35 bits per heavy atom. The number of halogens is 1. The minimum Gasteiger partial charge on any atom is -0.465 e. The van der Waals surface area contributed by atoms with Crippen LogP contribution >= 0.6 is 11.6 Å². The molecule has 20 heavy (non-hydrogen) atoms. The van der Waals surface area contributed by atoms with E-state index >= 15 is 0 Å². The van der Waals surface area contributed by atoms with E-state index in [1.807, 2.05) is 24.3 Å². The maximum Gasteiger partial charge on any atom is 0.316 e. The molecule has 0 amide bonds. The minimum absolute atomic E-state index is 0.0239. The lowest BCUT2D eigenvalue weighted by Crippen LogP contribution is -2.33. The summed E-state index contributed by atoms with van der Waals surface area (Å²) in [6.07, 6.45) is 2.79. The van der Waals surface area contributed by atoms with Crippen LogP contribution in [0.15, 0.2) is 24.3 Å². The van der Waals surface area contributed by atoms with E-state index in [4.69, 9.17) is 16.3 Å². The molecule has 0 heterocycles. The zero-order chi connectivity index (χ0) is 14.5. The molecule has 4 heteroatoms. The van der Waals surface area contributed by atoms with E-state index in [-0.39, 0.29) is 11.8 Å². The fraction of sp³-hybridized carbons (Fsp3) is 0.500. The Labute approximate surface area is 124 Å². The Morgan fingerprint density at radius 2 is 2.05 bits per heavy atom. The van der Waals surface area contributed by atoms with Gasteiger partial charge in [-0.05, 0) is 49.8 Å². The summed E-state index contributed by atoms with van der Waals surface area (Å²) in [6.45, 7) is 2.08. The van der Waals surface area contributed by atoms with Crippen molar-refractivity contribution >= 4 is 23.4 Å². The molecule has 0 aliphatic heterocycles. The van der Waals surface area contributed by atoms with Gasteiger partial charge >= 0.3 is 5.97 Å². The lowest BCUT2D eigenvalue weighted by molar-refractivity contribution is -0.153. The number of carbonyl (C=O) groups is 2. The Hall–Kier alpha value is -1.35. The molecule has 2 atom stereocenters. The average molecular weight is 295 g/mol. The van der Waals surface area contributed by atoms with Crippen molar-refractivity contribution in [2.24, 2.45) is 11.8 Å². The van der Waals surface area contributed by atoms with Gasteiger partial charge in [-0.25, -0.2) is 0 Å². The van der Waals surface area contributed by atoms with Gasteiger partial charge in [-0.1, -0.05) is 23.7 Å². The van der Waals surface area contributed by atoms with Crippen molar-refractivity contribution in [3.8, 4) is 0 Å². The number of hydrogen-bond donors (Lipinski definition) is 0. The van der Waals surface area contributed by atoms with E-state index in [1.54, 1.807) is 6.92 Å². The SMILES string of the molecule is CCOC(=O)C1CC(Cc2ccc(Cl)cc2)CCC1=O. The summed E-state index contributed by atoms with van der Waals surface area (Å²) in [5.41, 5.74) is 1.19. The first-order chi connectivity index (χ1) is 9.60. The molecule has 1 saturated carbocycles. The number of esters is 1. The number of benzene rings is 1. The van der Waals surface area contributed by atoms with Gasteiger partial charge in [-0.2, -0.15) is 0 Å². The molecule has 0 aromatic heterocycles. The van der Waals surface area contributed by atoms with Crippen LogP contribution in [0.1, 0.15) is 31.7 Å². The summed E-state index contributed by atoms with van der Waals surface area (Å²) < 4.78 is 4.99. The molecule has 0 spiro atoms. The highest BCUT2D eigenvalue weighted by Gasteiger charge is 2.34. The van der Waals surface area contributed by atoms with Crippen molar-refractivity contribution in [1.82, 2.24) is 0 Å². The lowest BCUT2D eigenvalue weighted by Gasteiger charge is -2.26. The normalized spacial score (nSPS) is 22.6. The minimum atomic E-state index is -0.569. The topological polar surface area (TPSA) is 43.4 Å². The molecule has 1 aliphatic carbocycles. The highest BCUT2D eigenvalue weighted by Crippen LogP contribution is 2.30. The zero-order valence-corrected chi connectivity index (χ0v) is 12.4. The molecule has 1 aliphatic rings. The second kappa shape index (κ2) is 6.89. The molecule has 0 N–H and O–H groups in total. The van der Waals surface area contributed by atoms with Crippen LogP contribution in [0, 0.1) is 11.8 Å². The molecule has 3 nitrogen and oxygen atoms in total. The highest BCUT2D eigenvalue weighted by molar-refractivity contribution is 6.30. The molecule has 1 fully saturated rings. The molecular weight excluding hydrogens is 276 g/mol. The predicted molar refractivity (Wildman–Crippen MR) is 77.6 cm³/mol.